The Labute approximate surface area is 110 Å². The summed E-state index contributed by atoms with van der Waals surface area (Å²) >= 11 is 0. The number of carbonyl (C=O) groups excluding carboxylic acids is 2. The zero-order valence-electron chi connectivity index (χ0n) is 11.1. The number of rotatable bonds is 5. The summed E-state index contributed by atoms with van der Waals surface area (Å²) < 4.78 is 17.8. The number of amides is 1. The lowest BCUT2D eigenvalue weighted by atomic mass is 10.0. The molecule has 0 aliphatic rings. The Balaban J connectivity index is 3.09. The molecular formula is C13H17FN2O3. The summed E-state index contributed by atoms with van der Waals surface area (Å²) in [6.07, 6.45) is 0. The predicted molar refractivity (Wildman–Crippen MR) is 69.2 cm³/mol. The first-order valence-corrected chi connectivity index (χ1v) is 5.80. The van der Waals surface area contributed by atoms with Crippen molar-refractivity contribution < 1.29 is 18.7 Å². The van der Waals surface area contributed by atoms with E-state index in [0.29, 0.717) is 5.69 Å². The van der Waals surface area contributed by atoms with Crippen LogP contribution in [0.15, 0.2) is 18.2 Å². The molecule has 0 spiro atoms. The normalized spacial score (nSPS) is 12.1. The van der Waals surface area contributed by atoms with Crippen molar-refractivity contribution in [3.63, 3.8) is 0 Å². The van der Waals surface area contributed by atoms with Gasteiger partial charge >= 0.3 is 5.97 Å². The molecule has 1 aromatic carbocycles. The van der Waals surface area contributed by atoms with Crippen molar-refractivity contribution in [2.45, 2.75) is 19.9 Å². The Kier molecular flexibility index (Phi) is 4.86. The second kappa shape index (κ2) is 6.17. The lowest BCUT2D eigenvalue weighted by Crippen LogP contribution is -2.36. The number of hydrogen-bond acceptors (Lipinski definition) is 4. The van der Waals surface area contributed by atoms with E-state index in [1.54, 1.807) is 0 Å². The van der Waals surface area contributed by atoms with Crippen molar-refractivity contribution in [2.24, 2.45) is 11.7 Å². The minimum Gasteiger partial charge on any atom is -0.467 e. The minimum absolute atomic E-state index is 0.00504. The number of methoxy groups -OCH3 is 1. The number of benzene rings is 1. The second-order valence-electron chi connectivity index (χ2n) is 4.44. The lowest BCUT2D eigenvalue weighted by Gasteiger charge is -2.22. The third-order valence-electron chi connectivity index (χ3n) is 2.68. The first-order valence-electron chi connectivity index (χ1n) is 5.80. The summed E-state index contributed by atoms with van der Waals surface area (Å²) in [6.45, 7) is 3.64. The van der Waals surface area contributed by atoms with E-state index < -0.39 is 23.7 Å². The van der Waals surface area contributed by atoms with Crippen LogP contribution in [0.4, 0.5) is 10.1 Å². The van der Waals surface area contributed by atoms with Crippen LogP contribution in [-0.2, 0) is 9.53 Å². The van der Waals surface area contributed by atoms with Gasteiger partial charge < -0.3 is 15.8 Å². The largest absolute Gasteiger partial charge is 0.467 e. The van der Waals surface area contributed by atoms with Crippen molar-refractivity contribution in [1.82, 2.24) is 0 Å². The van der Waals surface area contributed by atoms with E-state index in [2.05, 4.69) is 10.1 Å². The zero-order valence-corrected chi connectivity index (χ0v) is 11.1. The SMILES string of the molecule is COC(=O)C(Nc1ccc(F)cc1C(N)=O)C(C)C. The second-order valence-corrected chi connectivity index (χ2v) is 4.44. The Morgan fingerprint density at radius 1 is 1.37 bits per heavy atom. The molecule has 0 bridgehead atoms. The minimum atomic E-state index is -0.769. The molecule has 5 nitrogen and oxygen atoms in total. The number of nitrogens with one attached hydrogen (secondary N) is 1. The van der Waals surface area contributed by atoms with E-state index in [1.165, 1.54) is 19.2 Å². The molecule has 0 heterocycles. The molecule has 0 radical (unpaired) electrons. The maximum atomic E-state index is 13.1. The van der Waals surface area contributed by atoms with Crippen LogP contribution in [0.3, 0.4) is 0 Å². The van der Waals surface area contributed by atoms with Gasteiger partial charge in [0.05, 0.1) is 12.7 Å². The third-order valence-corrected chi connectivity index (χ3v) is 2.68. The van der Waals surface area contributed by atoms with Crippen LogP contribution in [-0.4, -0.2) is 25.0 Å². The van der Waals surface area contributed by atoms with Crippen LogP contribution in [0.5, 0.6) is 0 Å². The fourth-order valence-electron chi connectivity index (χ4n) is 1.64. The van der Waals surface area contributed by atoms with E-state index in [-0.39, 0.29) is 11.5 Å². The number of nitrogens with two attached hydrogens (primary N) is 1. The molecule has 19 heavy (non-hydrogen) atoms. The summed E-state index contributed by atoms with van der Waals surface area (Å²) in [5, 5.41) is 2.86. The maximum Gasteiger partial charge on any atom is 0.328 e. The smallest absolute Gasteiger partial charge is 0.328 e. The molecule has 1 unspecified atom stereocenters. The van der Waals surface area contributed by atoms with Gasteiger partial charge in [0.1, 0.15) is 11.9 Å². The van der Waals surface area contributed by atoms with Gasteiger partial charge in [-0.05, 0) is 24.1 Å². The fourth-order valence-corrected chi connectivity index (χ4v) is 1.64. The van der Waals surface area contributed by atoms with Crippen LogP contribution in [0.25, 0.3) is 0 Å². The van der Waals surface area contributed by atoms with E-state index in [0.717, 1.165) is 6.07 Å². The summed E-state index contributed by atoms with van der Waals surface area (Å²) in [6, 6.07) is 2.94. The van der Waals surface area contributed by atoms with Gasteiger partial charge in [-0.25, -0.2) is 9.18 Å². The molecule has 1 aromatic rings. The van der Waals surface area contributed by atoms with Crippen molar-refractivity contribution in [2.75, 3.05) is 12.4 Å². The molecule has 0 saturated heterocycles. The van der Waals surface area contributed by atoms with E-state index in [4.69, 9.17) is 5.73 Å². The molecule has 6 heteroatoms. The summed E-state index contributed by atoms with van der Waals surface area (Å²) in [7, 11) is 1.28. The summed E-state index contributed by atoms with van der Waals surface area (Å²) in [5.74, 6) is -1.87. The van der Waals surface area contributed by atoms with Crippen LogP contribution >= 0.6 is 0 Å². The van der Waals surface area contributed by atoms with Gasteiger partial charge in [0.25, 0.3) is 5.91 Å². The van der Waals surface area contributed by atoms with E-state index in [1.807, 2.05) is 13.8 Å². The number of primary amides is 1. The van der Waals surface area contributed by atoms with Crippen molar-refractivity contribution >= 4 is 17.6 Å². The third kappa shape index (κ3) is 3.67. The molecule has 3 N–H and O–H groups in total. The zero-order chi connectivity index (χ0) is 14.6. The molecule has 104 valence electrons. The fraction of sp³-hybridized carbons (Fsp3) is 0.385. The summed E-state index contributed by atoms with van der Waals surface area (Å²) in [5.41, 5.74) is 5.48. The van der Waals surface area contributed by atoms with Gasteiger partial charge in [0, 0.05) is 5.69 Å². The van der Waals surface area contributed by atoms with Gasteiger partial charge in [-0.15, -0.1) is 0 Å². The highest BCUT2D eigenvalue weighted by molar-refractivity contribution is 5.99. The number of ether oxygens (including phenoxy) is 1. The molecular weight excluding hydrogens is 251 g/mol. The summed E-state index contributed by atoms with van der Waals surface area (Å²) in [4.78, 5) is 22.9. The van der Waals surface area contributed by atoms with Crippen LogP contribution in [0.1, 0.15) is 24.2 Å². The van der Waals surface area contributed by atoms with Crippen LogP contribution < -0.4 is 11.1 Å². The number of esters is 1. The number of carbonyl (C=O) groups is 2. The Hall–Kier alpha value is -2.11. The van der Waals surface area contributed by atoms with Gasteiger partial charge in [-0.2, -0.15) is 0 Å². The Morgan fingerprint density at radius 3 is 2.47 bits per heavy atom. The molecule has 0 saturated carbocycles. The number of hydrogen-bond donors (Lipinski definition) is 2. The first-order chi connectivity index (χ1) is 8.86. The standard InChI is InChI=1S/C13H17FN2O3/c1-7(2)11(13(18)19-3)16-10-5-4-8(14)6-9(10)12(15)17/h4-7,11,16H,1-3H3,(H2,15,17). The van der Waals surface area contributed by atoms with E-state index >= 15 is 0 Å². The highest BCUT2D eigenvalue weighted by atomic mass is 19.1. The van der Waals surface area contributed by atoms with Gasteiger partial charge in [-0.1, -0.05) is 13.8 Å². The number of halogens is 1. The lowest BCUT2D eigenvalue weighted by molar-refractivity contribution is -0.142. The molecule has 1 atom stereocenters. The van der Waals surface area contributed by atoms with Crippen LogP contribution in [0, 0.1) is 11.7 Å². The molecule has 0 aliphatic carbocycles. The van der Waals surface area contributed by atoms with Gasteiger partial charge in [0.2, 0.25) is 0 Å². The Morgan fingerprint density at radius 2 is 2.00 bits per heavy atom. The average Bonchev–Trinajstić information content (AvgIpc) is 2.35. The predicted octanol–water partition coefficient (Wildman–Crippen LogP) is 1.53. The van der Waals surface area contributed by atoms with Gasteiger partial charge in [-0.3, -0.25) is 4.79 Å². The highest BCUT2D eigenvalue weighted by Crippen LogP contribution is 2.20. The quantitative estimate of drug-likeness (QED) is 0.793. The average molecular weight is 268 g/mol. The molecule has 0 aromatic heterocycles. The van der Waals surface area contributed by atoms with Crippen molar-refractivity contribution in [1.29, 1.82) is 0 Å². The topological polar surface area (TPSA) is 81.4 Å². The number of anilines is 1. The monoisotopic (exact) mass is 268 g/mol. The van der Waals surface area contributed by atoms with Crippen molar-refractivity contribution in [3.05, 3.63) is 29.6 Å². The Bertz CT molecular complexity index is 489. The van der Waals surface area contributed by atoms with Crippen molar-refractivity contribution in [3.8, 4) is 0 Å². The highest BCUT2D eigenvalue weighted by Gasteiger charge is 2.24. The van der Waals surface area contributed by atoms with E-state index in [9.17, 15) is 14.0 Å². The molecule has 1 amide bonds. The maximum absolute atomic E-state index is 13.1. The van der Waals surface area contributed by atoms with Gasteiger partial charge in [0.15, 0.2) is 0 Å². The molecule has 0 fully saturated rings. The molecule has 1 rings (SSSR count). The van der Waals surface area contributed by atoms with Crippen LogP contribution in [0.2, 0.25) is 0 Å². The molecule has 0 aliphatic heterocycles. The first kappa shape index (κ1) is 14.9.